The number of carbonyl (C=O) groups is 1. The third-order valence-corrected chi connectivity index (χ3v) is 4.31. The number of carbonyl (C=O) groups excluding carboxylic acids is 1. The lowest BCUT2D eigenvalue weighted by atomic mass is 10.1. The van der Waals surface area contributed by atoms with Crippen LogP contribution in [0.4, 0.5) is 0 Å². The van der Waals surface area contributed by atoms with Gasteiger partial charge in [-0.25, -0.2) is 0 Å². The molecule has 0 atom stereocenters. The molecule has 0 aliphatic carbocycles. The van der Waals surface area contributed by atoms with E-state index in [-0.39, 0.29) is 5.91 Å². The smallest absolute Gasteiger partial charge is 0.274 e. The molecule has 25 heavy (non-hydrogen) atoms. The summed E-state index contributed by atoms with van der Waals surface area (Å²) < 4.78 is 6.87. The van der Waals surface area contributed by atoms with Gasteiger partial charge in [0.05, 0.1) is 12.5 Å². The highest BCUT2D eigenvalue weighted by molar-refractivity contribution is 5.92. The molecule has 0 radical (unpaired) electrons. The van der Waals surface area contributed by atoms with Gasteiger partial charge in [0.25, 0.3) is 5.91 Å². The molecule has 0 spiro atoms. The molecule has 3 rings (SSSR count). The Balaban J connectivity index is 1.69. The topological polar surface area (TPSA) is 51.3 Å². The van der Waals surface area contributed by atoms with Crippen molar-refractivity contribution in [1.29, 1.82) is 0 Å². The highest BCUT2D eigenvalue weighted by Gasteiger charge is 2.19. The SMILES string of the molecule is Cc1cc(C(=O)N(CCCc2ccccc2)Cc2ccoc2)nn1C. The Kier molecular flexibility index (Phi) is 5.33. The average Bonchev–Trinajstić information content (AvgIpc) is 3.24. The van der Waals surface area contributed by atoms with Crippen LogP contribution < -0.4 is 0 Å². The first-order valence-electron chi connectivity index (χ1n) is 8.48. The third kappa shape index (κ3) is 4.38. The molecule has 5 nitrogen and oxygen atoms in total. The minimum absolute atomic E-state index is 0.0436. The fourth-order valence-corrected chi connectivity index (χ4v) is 2.80. The minimum atomic E-state index is -0.0436. The van der Waals surface area contributed by atoms with E-state index in [2.05, 4.69) is 17.2 Å². The van der Waals surface area contributed by atoms with Crippen LogP contribution in [0.2, 0.25) is 0 Å². The summed E-state index contributed by atoms with van der Waals surface area (Å²) in [6.45, 7) is 3.15. The number of amides is 1. The van der Waals surface area contributed by atoms with Gasteiger partial charge in [-0.3, -0.25) is 9.48 Å². The lowest BCUT2D eigenvalue weighted by Crippen LogP contribution is -2.32. The van der Waals surface area contributed by atoms with Gasteiger partial charge >= 0.3 is 0 Å². The molecular weight excluding hydrogens is 314 g/mol. The lowest BCUT2D eigenvalue weighted by molar-refractivity contribution is 0.0734. The number of aryl methyl sites for hydroxylation is 3. The zero-order valence-electron chi connectivity index (χ0n) is 14.7. The maximum atomic E-state index is 12.9. The number of hydrogen-bond donors (Lipinski definition) is 0. The predicted molar refractivity (Wildman–Crippen MR) is 96.2 cm³/mol. The van der Waals surface area contributed by atoms with E-state index in [0.29, 0.717) is 18.8 Å². The first-order chi connectivity index (χ1) is 12.1. The van der Waals surface area contributed by atoms with E-state index in [9.17, 15) is 4.79 Å². The van der Waals surface area contributed by atoms with Gasteiger partial charge in [0.2, 0.25) is 0 Å². The van der Waals surface area contributed by atoms with E-state index >= 15 is 0 Å². The van der Waals surface area contributed by atoms with Crippen molar-refractivity contribution in [2.75, 3.05) is 6.54 Å². The van der Waals surface area contributed by atoms with Crippen LogP contribution in [0.25, 0.3) is 0 Å². The van der Waals surface area contributed by atoms with E-state index < -0.39 is 0 Å². The number of aromatic nitrogens is 2. The van der Waals surface area contributed by atoms with Gasteiger partial charge in [0.15, 0.2) is 5.69 Å². The number of furan rings is 1. The van der Waals surface area contributed by atoms with E-state index in [4.69, 9.17) is 4.42 Å². The Morgan fingerprint density at radius 3 is 2.64 bits per heavy atom. The Morgan fingerprint density at radius 2 is 2.00 bits per heavy atom. The summed E-state index contributed by atoms with van der Waals surface area (Å²) in [6.07, 6.45) is 5.16. The molecule has 0 aliphatic rings. The molecule has 2 aromatic heterocycles. The van der Waals surface area contributed by atoms with E-state index in [1.807, 2.05) is 49.2 Å². The predicted octanol–water partition coefficient (Wildman–Crippen LogP) is 3.60. The zero-order chi connectivity index (χ0) is 17.6. The molecule has 1 aromatic carbocycles. The molecule has 1 amide bonds. The number of nitrogens with zero attached hydrogens (tertiary/aromatic N) is 3. The van der Waals surface area contributed by atoms with Crippen molar-refractivity contribution in [2.45, 2.75) is 26.3 Å². The fourth-order valence-electron chi connectivity index (χ4n) is 2.80. The molecule has 0 aliphatic heterocycles. The summed E-state index contributed by atoms with van der Waals surface area (Å²) in [5.41, 5.74) is 3.73. The lowest BCUT2D eigenvalue weighted by Gasteiger charge is -2.21. The largest absolute Gasteiger partial charge is 0.472 e. The van der Waals surface area contributed by atoms with E-state index in [1.165, 1.54) is 5.56 Å². The second kappa shape index (κ2) is 7.83. The monoisotopic (exact) mass is 337 g/mol. The zero-order valence-corrected chi connectivity index (χ0v) is 14.7. The molecule has 0 fully saturated rings. The molecule has 0 saturated heterocycles. The summed E-state index contributed by atoms with van der Waals surface area (Å²) >= 11 is 0. The molecule has 5 heteroatoms. The van der Waals surface area contributed by atoms with Gasteiger partial charge in [0.1, 0.15) is 0 Å². The van der Waals surface area contributed by atoms with Gasteiger partial charge < -0.3 is 9.32 Å². The Labute approximate surface area is 147 Å². The van der Waals surface area contributed by atoms with Gasteiger partial charge in [-0.15, -0.1) is 0 Å². The van der Waals surface area contributed by atoms with Crippen LogP contribution in [-0.2, 0) is 20.0 Å². The van der Waals surface area contributed by atoms with Crippen molar-refractivity contribution >= 4 is 5.91 Å². The first-order valence-corrected chi connectivity index (χ1v) is 8.48. The van der Waals surface area contributed by atoms with Crippen LogP contribution in [-0.4, -0.2) is 27.1 Å². The van der Waals surface area contributed by atoms with Crippen LogP contribution >= 0.6 is 0 Å². The summed E-state index contributed by atoms with van der Waals surface area (Å²) in [5, 5.41) is 4.33. The van der Waals surface area contributed by atoms with Crippen molar-refractivity contribution in [3.63, 3.8) is 0 Å². The fraction of sp³-hybridized carbons (Fsp3) is 0.300. The first kappa shape index (κ1) is 17.0. The van der Waals surface area contributed by atoms with Crippen molar-refractivity contribution in [2.24, 2.45) is 7.05 Å². The number of rotatable bonds is 7. The van der Waals surface area contributed by atoms with Crippen LogP contribution in [0.1, 0.15) is 33.7 Å². The van der Waals surface area contributed by atoms with Crippen molar-refractivity contribution < 1.29 is 9.21 Å². The maximum Gasteiger partial charge on any atom is 0.274 e. The Morgan fingerprint density at radius 1 is 1.20 bits per heavy atom. The van der Waals surface area contributed by atoms with Gasteiger partial charge in [0, 0.05) is 31.4 Å². The molecule has 0 N–H and O–H groups in total. The second-order valence-electron chi connectivity index (χ2n) is 6.24. The Bertz CT molecular complexity index is 787. The normalized spacial score (nSPS) is 10.8. The summed E-state index contributed by atoms with van der Waals surface area (Å²) in [4.78, 5) is 14.7. The number of hydrogen-bond acceptors (Lipinski definition) is 3. The van der Waals surface area contributed by atoms with Gasteiger partial charge in [-0.05, 0) is 37.5 Å². The summed E-state index contributed by atoms with van der Waals surface area (Å²) in [5.74, 6) is -0.0436. The molecule has 0 bridgehead atoms. The molecule has 0 saturated carbocycles. The number of benzene rings is 1. The minimum Gasteiger partial charge on any atom is -0.472 e. The third-order valence-electron chi connectivity index (χ3n) is 4.31. The highest BCUT2D eigenvalue weighted by Crippen LogP contribution is 2.13. The van der Waals surface area contributed by atoms with Gasteiger partial charge in [-0.2, -0.15) is 5.10 Å². The average molecular weight is 337 g/mol. The summed E-state index contributed by atoms with van der Waals surface area (Å²) in [7, 11) is 1.85. The molecule has 0 unspecified atom stereocenters. The van der Waals surface area contributed by atoms with Crippen LogP contribution in [0.5, 0.6) is 0 Å². The van der Waals surface area contributed by atoms with E-state index in [0.717, 1.165) is 24.1 Å². The molecule has 3 aromatic rings. The molecule has 2 heterocycles. The molecular formula is C20H23N3O2. The van der Waals surface area contributed by atoms with Crippen LogP contribution in [0.15, 0.2) is 59.4 Å². The van der Waals surface area contributed by atoms with Crippen LogP contribution in [0, 0.1) is 6.92 Å². The van der Waals surface area contributed by atoms with Crippen molar-refractivity contribution in [1.82, 2.24) is 14.7 Å². The molecule has 130 valence electrons. The van der Waals surface area contributed by atoms with Crippen molar-refractivity contribution in [3.05, 3.63) is 77.5 Å². The quantitative estimate of drug-likeness (QED) is 0.662. The standard InChI is InChI=1S/C20H23N3O2/c1-16-13-19(21-22(16)2)20(24)23(14-18-10-12-25-15-18)11-6-9-17-7-4-3-5-8-17/h3-5,7-8,10,12-13,15H,6,9,11,14H2,1-2H3. The van der Waals surface area contributed by atoms with Crippen molar-refractivity contribution in [3.8, 4) is 0 Å². The maximum absolute atomic E-state index is 12.9. The second-order valence-corrected chi connectivity index (χ2v) is 6.24. The highest BCUT2D eigenvalue weighted by atomic mass is 16.3. The summed E-state index contributed by atoms with van der Waals surface area (Å²) in [6, 6.07) is 14.1. The Hall–Kier alpha value is -2.82. The van der Waals surface area contributed by atoms with Gasteiger partial charge in [-0.1, -0.05) is 30.3 Å². The van der Waals surface area contributed by atoms with E-state index in [1.54, 1.807) is 17.2 Å². The van der Waals surface area contributed by atoms with Crippen LogP contribution in [0.3, 0.4) is 0 Å².